The van der Waals surface area contributed by atoms with Gasteiger partial charge in [0.1, 0.15) is 5.75 Å². The Kier molecular flexibility index (Phi) is 4.14. The summed E-state index contributed by atoms with van der Waals surface area (Å²) in [7, 11) is 0. The van der Waals surface area contributed by atoms with Gasteiger partial charge in [-0.15, -0.1) is 0 Å². The third kappa shape index (κ3) is 3.40. The van der Waals surface area contributed by atoms with Crippen LogP contribution in [0, 0.1) is 0 Å². The lowest BCUT2D eigenvalue weighted by molar-refractivity contribution is -0.0498. The number of nitrogens with one attached hydrogen (secondary N) is 1. The number of hydrogen-bond donors (Lipinski definition) is 2. The average molecular weight is 257 g/mol. The predicted octanol–water partition coefficient (Wildman–Crippen LogP) is 2.46. The number of aliphatic hydroxyl groups is 1. The van der Waals surface area contributed by atoms with E-state index in [-0.39, 0.29) is 17.9 Å². The van der Waals surface area contributed by atoms with E-state index in [2.05, 4.69) is 10.1 Å². The summed E-state index contributed by atoms with van der Waals surface area (Å²) in [5, 5.41) is 12.6. The first-order chi connectivity index (χ1) is 8.54. The van der Waals surface area contributed by atoms with E-state index in [4.69, 9.17) is 0 Å². The zero-order valence-electron chi connectivity index (χ0n) is 10.1. The highest BCUT2D eigenvalue weighted by Crippen LogP contribution is 2.24. The fourth-order valence-electron chi connectivity index (χ4n) is 2.11. The summed E-state index contributed by atoms with van der Waals surface area (Å²) in [5.41, 5.74) is 1.01. The van der Waals surface area contributed by atoms with Crippen LogP contribution < -0.4 is 10.1 Å². The number of aliphatic hydroxyl groups excluding tert-OH is 1. The normalized spacial score (nSPS) is 24.7. The Labute approximate surface area is 105 Å². The van der Waals surface area contributed by atoms with Crippen molar-refractivity contribution in [3.8, 4) is 5.75 Å². The van der Waals surface area contributed by atoms with E-state index in [9.17, 15) is 13.9 Å². The molecule has 1 aromatic carbocycles. The SMILES string of the molecule is CC(NC1CC(O)C1)c1ccc(OC(F)F)cc1. The molecule has 0 amide bonds. The van der Waals surface area contributed by atoms with Gasteiger partial charge in [-0.1, -0.05) is 12.1 Å². The van der Waals surface area contributed by atoms with Gasteiger partial charge in [-0.3, -0.25) is 0 Å². The largest absolute Gasteiger partial charge is 0.435 e. The second kappa shape index (κ2) is 5.63. The number of benzene rings is 1. The Morgan fingerprint density at radius 2 is 1.89 bits per heavy atom. The van der Waals surface area contributed by atoms with Crippen molar-refractivity contribution in [2.75, 3.05) is 0 Å². The summed E-state index contributed by atoms with van der Waals surface area (Å²) in [6.45, 7) is -0.781. The van der Waals surface area contributed by atoms with Gasteiger partial charge in [0.15, 0.2) is 0 Å². The van der Waals surface area contributed by atoms with Gasteiger partial charge < -0.3 is 15.2 Å². The van der Waals surface area contributed by atoms with Gasteiger partial charge in [0, 0.05) is 12.1 Å². The van der Waals surface area contributed by atoms with Crippen molar-refractivity contribution in [2.24, 2.45) is 0 Å². The number of rotatable bonds is 5. The van der Waals surface area contributed by atoms with Crippen LogP contribution >= 0.6 is 0 Å². The van der Waals surface area contributed by atoms with E-state index < -0.39 is 6.61 Å². The zero-order valence-corrected chi connectivity index (χ0v) is 10.1. The van der Waals surface area contributed by atoms with E-state index in [1.54, 1.807) is 12.1 Å². The molecule has 1 saturated carbocycles. The van der Waals surface area contributed by atoms with Crippen LogP contribution in [-0.4, -0.2) is 23.9 Å². The molecule has 5 heteroatoms. The molecule has 1 fully saturated rings. The Balaban J connectivity index is 1.88. The molecule has 3 nitrogen and oxygen atoms in total. The van der Waals surface area contributed by atoms with Gasteiger partial charge in [0.05, 0.1) is 6.10 Å². The molecule has 1 aliphatic carbocycles. The smallest absolute Gasteiger partial charge is 0.387 e. The van der Waals surface area contributed by atoms with Crippen LogP contribution in [0.4, 0.5) is 8.78 Å². The molecule has 0 aliphatic heterocycles. The summed E-state index contributed by atoms with van der Waals surface area (Å²) in [5.74, 6) is 0.167. The lowest BCUT2D eigenvalue weighted by atomic mass is 9.88. The molecule has 1 atom stereocenters. The maximum atomic E-state index is 12.0. The highest BCUT2D eigenvalue weighted by atomic mass is 19.3. The van der Waals surface area contributed by atoms with Crippen LogP contribution in [0.15, 0.2) is 24.3 Å². The first-order valence-corrected chi connectivity index (χ1v) is 6.03. The first kappa shape index (κ1) is 13.2. The zero-order chi connectivity index (χ0) is 13.1. The van der Waals surface area contributed by atoms with Gasteiger partial charge in [0.25, 0.3) is 0 Å². The van der Waals surface area contributed by atoms with Crippen LogP contribution in [0.25, 0.3) is 0 Å². The number of hydrogen-bond acceptors (Lipinski definition) is 3. The summed E-state index contributed by atoms with van der Waals surface area (Å²) in [6, 6.07) is 7.08. The summed E-state index contributed by atoms with van der Waals surface area (Å²) in [4.78, 5) is 0. The predicted molar refractivity (Wildman–Crippen MR) is 63.7 cm³/mol. The summed E-state index contributed by atoms with van der Waals surface area (Å²) in [6.07, 6.45) is 1.37. The van der Waals surface area contributed by atoms with Crippen LogP contribution in [0.1, 0.15) is 31.4 Å². The van der Waals surface area contributed by atoms with Crippen molar-refractivity contribution in [2.45, 2.75) is 44.6 Å². The average Bonchev–Trinajstić information content (AvgIpc) is 2.27. The fraction of sp³-hybridized carbons (Fsp3) is 0.538. The Hall–Kier alpha value is -1.20. The van der Waals surface area contributed by atoms with Gasteiger partial charge in [0.2, 0.25) is 0 Å². The first-order valence-electron chi connectivity index (χ1n) is 6.03. The minimum Gasteiger partial charge on any atom is -0.435 e. The Morgan fingerprint density at radius 3 is 2.39 bits per heavy atom. The number of ether oxygens (including phenoxy) is 1. The molecule has 0 spiro atoms. The highest BCUT2D eigenvalue weighted by Gasteiger charge is 2.28. The van der Waals surface area contributed by atoms with Crippen molar-refractivity contribution in [1.82, 2.24) is 5.32 Å². The number of alkyl halides is 2. The number of halogens is 2. The lowest BCUT2D eigenvalue weighted by Crippen LogP contribution is -2.44. The topological polar surface area (TPSA) is 41.5 Å². The molecule has 0 bridgehead atoms. The van der Waals surface area contributed by atoms with Gasteiger partial charge in [-0.25, -0.2) is 0 Å². The molecule has 1 aromatic rings. The molecule has 1 unspecified atom stereocenters. The quantitative estimate of drug-likeness (QED) is 0.851. The Morgan fingerprint density at radius 1 is 1.28 bits per heavy atom. The van der Waals surface area contributed by atoms with Crippen LogP contribution in [0.3, 0.4) is 0 Å². The van der Waals surface area contributed by atoms with E-state index in [0.717, 1.165) is 18.4 Å². The molecule has 1 aliphatic rings. The lowest BCUT2D eigenvalue weighted by Gasteiger charge is -2.34. The monoisotopic (exact) mass is 257 g/mol. The maximum absolute atomic E-state index is 12.0. The maximum Gasteiger partial charge on any atom is 0.387 e. The molecular weight excluding hydrogens is 240 g/mol. The third-order valence-electron chi connectivity index (χ3n) is 3.20. The van der Waals surface area contributed by atoms with Crippen molar-refractivity contribution in [3.05, 3.63) is 29.8 Å². The second-order valence-corrected chi connectivity index (χ2v) is 4.66. The second-order valence-electron chi connectivity index (χ2n) is 4.66. The molecule has 18 heavy (non-hydrogen) atoms. The van der Waals surface area contributed by atoms with Crippen LogP contribution in [0.2, 0.25) is 0 Å². The molecule has 2 rings (SSSR count). The van der Waals surface area contributed by atoms with Crippen LogP contribution in [0.5, 0.6) is 5.75 Å². The highest BCUT2D eigenvalue weighted by molar-refractivity contribution is 5.29. The molecule has 0 saturated heterocycles. The van der Waals surface area contributed by atoms with E-state index in [1.807, 2.05) is 6.92 Å². The van der Waals surface area contributed by atoms with E-state index in [0.29, 0.717) is 6.04 Å². The Bertz CT molecular complexity index is 377. The standard InChI is InChI=1S/C13H17F2NO2/c1-8(16-10-6-11(17)7-10)9-2-4-12(5-3-9)18-13(14)15/h2-5,8,10-11,13,16-17H,6-7H2,1H3. The van der Waals surface area contributed by atoms with Crippen molar-refractivity contribution >= 4 is 0 Å². The molecule has 0 radical (unpaired) electrons. The van der Waals surface area contributed by atoms with E-state index in [1.165, 1.54) is 12.1 Å². The van der Waals surface area contributed by atoms with Gasteiger partial charge in [-0.05, 0) is 37.5 Å². The molecular formula is C13H17F2NO2. The molecule has 100 valence electrons. The summed E-state index contributed by atoms with van der Waals surface area (Å²) < 4.78 is 28.3. The minimum absolute atomic E-state index is 0.128. The van der Waals surface area contributed by atoms with E-state index >= 15 is 0 Å². The molecule has 0 heterocycles. The van der Waals surface area contributed by atoms with Gasteiger partial charge in [-0.2, -0.15) is 8.78 Å². The summed E-state index contributed by atoms with van der Waals surface area (Å²) >= 11 is 0. The fourth-order valence-corrected chi connectivity index (χ4v) is 2.11. The van der Waals surface area contributed by atoms with Gasteiger partial charge >= 0.3 is 6.61 Å². The van der Waals surface area contributed by atoms with Crippen molar-refractivity contribution in [3.63, 3.8) is 0 Å². The third-order valence-corrected chi connectivity index (χ3v) is 3.20. The van der Waals surface area contributed by atoms with Crippen molar-refractivity contribution < 1.29 is 18.6 Å². The van der Waals surface area contributed by atoms with Crippen LogP contribution in [-0.2, 0) is 0 Å². The molecule has 2 N–H and O–H groups in total. The van der Waals surface area contributed by atoms with Crippen molar-refractivity contribution in [1.29, 1.82) is 0 Å². The minimum atomic E-state index is -2.79. The molecule has 0 aromatic heterocycles.